The summed E-state index contributed by atoms with van der Waals surface area (Å²) in [4.78, 5) is 0. The molecule has 0 aromatic heterocycles. The third-order valence-corrected chi connectivity index (χ3v) is 1.51. The molecule has 8 heavy (non-hydrogen) atoms. The second-order valence-corrected chi connectivity index (χ2v) is 2.20. The van der Waals surface area contributed by atoms with Gasteiger partial charge in [-0.3, -0.25) is 0 Å². The maximum Gasteiger partial charge on any atom is 0 e. The molecule has 2 heteroatoms. The predicted octanol–water partition coefficient (Wildman–Crippen LogP) is 1.82. The van der Waals surface area contributed by atoms with Gasteiger partial charge < -0.3 is 18.3 Å². The van der Waals surface area contributed by atoms with Crippen molar-refractivity contribution in [1.29, 1.82) is 0 Å². The van der Waals surface area contributed by atoms with Gasteiger partial charge in [-0.25, -0.2) is 6.42 Å². The molecule has 1 unspecified atom stereocenters. The Bertz CT molecular complexity index is 59.5. The van der Waals surface area contributed by atoms with Gasteiger partial charge >= 0.3 is 0 Å². The smallest absolute Gasteiger partial charge is 0 e. The molecule has 1 atom stereocenters. The van der Waals surface area contributed by atoms with Crippen LogP contribution in [0.4, 0.5) is 0 Å². The van der Waals surface area contributed by atoms with Crippen LogP contribution in [0.25, 0.3) is 0 Å². The minimum Gasteiger partial charge on any atom is -0.358 e. The van der Waals surface area contributed by atoms with Crippen LogP contribution >= 0.6 is 0 Å². The number of hydrogen-bond donors (Lipinski definition) is 0. The van der Waals surface area contributed by atoms with Crippen LogP contribution < -0.4 is 0 Å². The van der Waals surface area contributed by atoms with Gasteiger partial charge in [0.05, 0.1) is 0 Å². The van der Waals surface area contributed by atoms with E-state index in [-0.39, 0.29) is 39.6 Å². The Kier molecular flexibility index (Phi) is 6.22. The third kappa shape index (κ3) is 3.33. The molecule has 1 saturated carbocycles. The van der Waals surface area contributed by atoms with Crippen LogP contribution in [-0.2, 0) is 39.6 Å². The summed E-state index contributed by atoms with van der Waals surface area (Å²) in [6, 6.07) is 0. The van der Waals surface area contributed by atoms with E-state index in [9.17, 15) is 0 Å². The quantitative estimate of drug-likeness (QED) is 0.647. The van der Waals surface area contributed by atoms with Crippen LogP contribution in [0.5, 0.6) is 0 Å². The van der Waals surface area contributed by atoms with Crippen LogP contribution in [-0.4, -0.2) is 0 Å². The fourth-order valence-electron chi connectivity index (χ4n) is 0.397. The van der Waals surface area contributed by atoms with E-state index in [0.29, 0.717) is 5.41 Å². The Morgan fingerprint density at radius 1 is 1.62 bits per heavy atom. The maximum absolute atomic E-state index is 2.31. The van der Waals surface area contributed by atoms with Crippen molar-refractivity contribution >= 4 is 0 Å². The number of hydrogen-bond acceptors (Lipinski definition) is 0. The zero-order valence-corrected chi connectivity index (χ0v) is 9.55. The first-order valence-corrected chi connectivity index (χ1v) is 2.42. The molecule has 0 amide bonds. The monoisotopic (exact) mass is 317 g/mol. The van der Waals surface area contributed by atoms with Gasteiger partial charge in [0.15, 0.2) is 0 Å². The van der Waals surface area contributed by atoms with Crippen LogP contribution in [0, 0.1) is 18.3 Å². The average Bonchev–Trinajstić information content (AvgIpc) is 2.22. The topological polar surface area (TPSA) is 0 Å². The second kappa shape index (κ2) is 4.15. The van der Waals surface area contributed by atoms with Crippen molar-refractivity contribution in [3.8, 4) is 0 Å². The molecule has 1 radical (unpaired) electrons. The molecule has 0 saturated heterocycles. The fraction of sp³-hybridized carbons (Fsp3) is 0.667. The van der Waals surface area contributed by atoms with Gasteiger partial charge in [-0.05, 0) is 0 Å². The summed E-state index contributed by atoms with van der Waals surface area (Å²) < 4.78 is 0. The SMILES string of the molecule is C[CH-]C1(C)[CH-]C1.[V].[W]. The van der Waals surface area contributed by atoms with Crippen molar-refractivity contribution in [1.82, 2.24) is 0 Å². The van der Waals surface area contributed by atoms with Crippen molar-refractivity contribution < 1.29 is 39.6 Å². The van der Waals surface area contributed by atoms with Gasteiger partial charge in [0, 0.05) is 39.6 Å². The van der Waals surface area contributed by atoms with E-state index in [1.165, 1.54) is 6.42 Å². The van der Waals surface area contributed by atoms with Crippen molar-refractivity contribution in [3.05, 3.63) is 12.8 Å². The molecule has 0 aromatic carbocycles. The van der Waals surface area contributed by atoms with Crippen LogP contribution in [0.3, 0.4) is 0 Å². The van der Waals surface area contributed by atoms with E-state index in [2.05, 4.69) is 26.7 Å². The van der Waals surface area contributed by atoms with E-state index in [1.807, 2.05) is 0 Å². The maximum atomic E-state index is 2.31. The van der Waals surface area contributed by atoms with Gasteiger partial charge in [0.25, 0.3) is 0 Å². The van der Waals surface area contributed by atoms with E-state index in [0.717, 1.165) is 0 Å². The van der Waals surface area contributed by atoms with E-state index >= 15 is 0 Å². The van der Waals surface area contributed by atoms with Crippen molar-refractivity contribution in [2.75, 3.05) is 0 Å². The molecule has 0 spiro atoms. The van der Waals surface area contributed by atoms with Crippen LogP contribution in [0.2, 0.25) is 0 Å². The Hall–Kier alpha value is 1.27. The summed E-state index contributed by atoms with van der Waals surface area (Å²) in [5.41, 5.74) is 0.542. The van der Waals surface area contributed by atoms with E-state index in [1.54, 1.807) is 0 Å². The Labute approximate surface area is 78.0 Å². The molecule has 1 rings (SSSR count). The number of rotatable bonds is 1. The van der Waals surface area contributed by atoms with Gasteiger partial charge in [0.1, 0.15) is 0 Å². The minimum atomic E-state index is 0. The Morgan fingerprint density at radius 2 is 2.00 bits per heavy atom. The Morgan fingerprint density at radius 3 is 2.00 bits per heavy atom. The first-order chi connectivity index (χ1) is 2.77. The first-order valence-electron chi connectivity index (χ1n) is 2.42. The van der Waals surface area contributed by atoms with Crippen LogP contribution in [0.15, 0.2) is 0 Å². The van der Waals surface area contributed by atoms with Gasteiger partial charge in [-0.15, -0.1) is 6.92 Å². The molecule has 47 valence electrons. The first kappa shape index (κ1) is 12.0. The van der Waals surface area contributed by atoms with Crippen molar-refractivity contribution in [3.63, 3.8) is 0 Å². The largest absolute Gasteiger partial charge is 0.358 e. The summed E-state index contributed by atoms with van der Waals surface area (Å²) >= 11 is 0. The third-order valence-electron chi connectivity index (χ3n) is 1.51. The molecule has 0 nitrogen and oxygen atoms in total. The molecule has 0 N–H and O–H groups in total. The Balaban J connectivity index is 0. The molecule has 1 aliphatic carbocycles. The van der Waals surface area contributed by atoms with Gasteiger partial charge in [-0.1, -0.05) is 0 Å². The zero-order valence-electron chi connectivity index (χ0n) is 5.22. The minimum absolute atomic E-state index is 0. The van der Waals surface area contributed by atoms with Crippen LogP contribution in [0.1, 0.15) is 20.3 Å². The van der Waals surface area contributed by atoms with Crippen molar-refractivity contribution in [2.24, 2.45) is 5.41 Å². The summed E-state index contributed by atoms with van der Waals surface area (Å²) in [5.74, 6) is 0. The molecular weight excluding hydrogens is 307 g/mol. The van der Waals surface area contributed by atoms with Gasteiger partial charge in [0.2, 0.25) is 0 Å². The molecular formula is C6H10VW-2. The summed E-state index contributed by atoms with van der Waals surface area (Å²) in [6.45, 7) is 4.36. The standard InChI is InChI=1S/C6H10.V.W/c1-3-6(2)4-5-6;;/h3-4H,5H2,1-2H3;;/q-2;;. The summed E-state index contributed by atoms with van der Waals surface area (Å²) in [6.07, 6.45) is 5.85. The summed E-state index contributed by atoms with van der Waals surface area (Å²) in [5, 5.41) is 0. The molecule has 1 aliphatic rings. The molecule has 0 aliphatic heterocycles. The average molecular weight is 317 g/mol. The van der Waals surface area contributed by atoms with Gasteiger partial charge in [-0.2, -0.15) is 6.92 Å². The van der Waals surface area contributed by atoms with E-state index < -0.39 is 0 Å². The normalized spacial score (nSPS) is 32.2. The van der Waals surface area contributed by atoms with Crippen molar-refractivity contribution in [2.45, 2.75) is 20.3 Å². The fourth-order valence-corrected chi connectivity index (χ4v) is 0.397. The predicted molar refractivity (Wildman–Crippen MR) is 27.0 cm³/mol. The summed E-state index contributed by atoms with van der Waals surface area (Å²) in [7, 11) is 0. The molecule has 0 heterocycles. The molecule has 1 fully saturated rings. The molecule has 0 aromatic rings. The second-order valence-electron chi connectivity index (χ2n) is 2.20. The zero-order chi connectivity index (χ0) is 4.62. The van der Waals surface area contributed by atoms with E-state index in [4.69, 9.17) is 0 Å². The molecule has 0 bridgehead atoms.